The van der Waals surface area contributed by atoms with Crippen molar-refractivity contribution >= 4 is 34.3 Å². The predicted molar refractivity (Wildman–Crippen MR) is 123 cm³/mol. The van der Waals surface area contributed by atoms with E-state index in [0.717, 1.165) is 30.8 Å². The van der Waals surface area contributed by atoms with Gasteiger partial charge in [0.15, 0.2) is 5.65 Å². The topological polar surface area (TPSA) is 115 Å². The summed E-state index contributed by atoms with van der Waals surface area (Å²) in [6.07, 6.45) is 6.50. The minimum absolute atomic E-state index is 0.0609. The number of thiophene rings is 1. The monoisotopic (exact) mass is 450 g/mol. The minimum Gasteiger partial charge on any atom is -0.348 e. The number of hydrogen-bond donors (Lipinski definition) is 2. The van der Waals surface area contributed by atoms with Crippen LogP contribution in [0.5, 0.6) is 0 Å². The molecular formula is C23H26N6O2S. The van der Waals surface area contributed by atoms with Crippen LogP contribution in [-0.2, 0) is 0 Å². The second-order valence-corrected chi connectivity index (χ2v) is 9.78. The molecule has 1 aliphatic heterocycles. The molecule has 1 aliphatic rings. The maximum Gasteiger partial charge on any atom is 0.263 e. The number of likely N-dealkylation sites (tertiary alicyclic amines) is 1. The second kappa shape index (κ2) is 8.71. The molecule has 0 spiro atoms. The molecule has 32 heavy (non-hydrogen) atoms. The van der Waals surface area contributed by atoms with E-state index in [9.17, 15) is 14.9 Å². The molecule has 0 saturated carbocycles. The molecular weight excluding hydrogens is 424 g/mol. The van der Waals surface area contributed by atoms with E-state index in [2.05, 4.69) is 26.3 Å². The van der Waals surface area contributed by atoms with Gasteiger partial charge in [0.05, 0.1) is 38.7 Å². The van der Waals surface area contributed by atoms with Gasteiger partial charge < -0.3 is 15.2 Å². The number of fused-ring (bicyclic) bond motifs is 1. The number of rotatable bonds is 5. The molecule has 3 aromatic rings. The van der Waals surface area contributed by atoms with E-state index in [-0.39, 0.29) is 17.9 Å². The number of nitrogens with zero attached hydrogens (tertiary/aromatic N) is 4. The van der Waals surface area contributed by atoms with Crippen LogP contribution in [0.2, 0.25) is 0 Å². The van der Waals surface area contributed by atoms with Gasteiger partial charge in [-0.3, -0.25) is 9.59 Å². The van der Waals surface area contributed by atoms with Gasteiger partial charge in [0.1, 0.15) is 5.52 Å². The maximum atomic E-state index is 12.9. The third-order valence-electron chi connectivity index (χ3n) is 6.06. The van der Waals surface area contributed by atoms with Crippen LogP contribution in [0.15, 0.2) is 24.5 Å². The van der Waals surface area contributed by atoms with Crippen LogP contribution >= 0.6 is 11.3 Å². The summed E-state index contributed by atoms with van der Waals surface area (Å²) >= 11 is 1.39. The summed E-state index contributed by atoms with van der Waals surface area (Å²) < 4.78 is 0. The molecule has 2 amide bonds. The average molecular weight is 451 g/mol. The summed E-state index contributed by atoms with van der Waals surface area (Å²) in [5, 5.41) is 12.2. The van der Waals surface area contributed by atoms with Crippen molar-refractivity contribution in [1.82, 2.24) is 25.2 Å². The van der Waals surface area contributed by atoms with Crippen LogP contribution in [0, 0.1) is 16.7 Å². The van der Waals surface area contributed by atoms with Gasteiger partial charge in [-0.1, -0.05) is 0 Å². The second-order valence-electron chi connectivity index (χ2n) is 8.70. The Morgan fingerprint density at radius 2 is 2.03 bits per heavy atom. The number of H-pyrrole nitrogens is 1. The largest absolute Gasteiger partial charge is 0.348 e. The molecule has 0 aromatic carbocycles. The lowest BCUT2D eigenvalue weighted by atomic mass is 9.87. The quantitative estimate of drug-likeness (QED) is 0.610. The first-order valence-corrected chi connectivity index (χ1v) is 11.6. The summed E-state index contributed by atoms with van der Waals surface area (Å²) in [5.74, 6) is -0.253. The zero-order chi connectivity index (χ0) is 22.9. The van der Waals surface area contributed by atoms with E-state index in [1.807, 2.05) is 17.0 Å². The summed E-state index contributed by atoms with van der Waals surface area (Å²) in [6, 6.07) is 5.58. The number of amides is 2. The van der Waals surface area contributed by atoms with E-state index in [0.29, 0.717) is 27.3 Å². The number of piperidine rings is 1. The standard InChI is InChI=1S/C23H26N6O2S/c1-14(23(2,3)13-24)27-21(30)15-11-25-20-19(15)28-16(12-26-20)17-7-8-18(32-17)22(31)29-9-5-4-6-10-29/h7-8,11-12,14H,4-6,9-10H2,1-3H3,(H,25,26)(H,27,30)/t14-/m0/s1. The third kappa shape index (κ3) is 4.23. The Morgan fingerprint density at radius 1 is 1.28 bits per heavy atom. The Hall–Kier alpha value is -3.25. The fourth-order valence-electron chi connectivity index (χ4n) is 3.58. The van der Waals surface area contributed by atoms with Crippen LogP contribution in [0.1, 0.15) is 60.1 Å². The maximum absolute atomic E-state index is 12.9. The number of hydrogen-bond acceptors (Lipinski definition) is 6. The first kappa shape index (κ1) is 22.0. The number of aromatic nitrogens is 3. The Labute approximate surface area is 190 Å². The zero-order valence-corrected chi connectivity index (χ0v) is 19.3. The van der Waals surface area contributed by atoms with E-state index >= 15 is 0 Å². The van der Waals surface area contributed by atoms with Crippen molar-refractivity contribution in [2.75, 3.05) is 13.1 Å². The zero-order valence-electron chi connectivity index (χ0n) is 18.4. The summed E-state index contributed by atoms with van der Waals surface area (Å²) in [6.45, 7) is 6.98. The number of nitrogens with one attached hydrogen (secondary N) is 2. The fraction of sp³-hybridized carbons (Fsp3) is 0.435. The highest BCUT2D eigenvalue weighted by Crippen LogP contribution is 2.29. The lowest BCUT2D eigenvalue weighted by molar-refractivity contribution is 0.0729. The number of carbonyl (C=O) groups excluding carboxylic acids is 2. The van der Waals surface area contributed by atoms with Gasteiger partial charge in [0.25, 0.3) is 11.8 Å². The molecule has 1 fully saturated rings. The van der Waals surface area contributed by atoms with Gasteiger partial charge in [-0.05, 0) is 52.2 Å². The van der Waals surface area contributed by atoms with Crippen molar-refractivity contribution in [3.8, 4) is 16.6 Å². The first-order chi connectivity index (χ1) is 15.3. The van der Waals surface area contributed by atoms with Crippen molar-refractivity contribution in [2.24, 2.45) is 5.41 Å². The van der Waals surface area contributed by atoms with Gasteiger partial charge in [-0.15, -0.1) is 11.3 Å². The van der Waals surface area contributed by atoms with Crippen LogP contribution < -0.4 is 5.32 Å². The molecule has 166 valence electrons. The average Bonchev–Trinajstić information content (AvgIpc) is 3.46. The lowest BCUT2D eigenvalue weighted by Crippen LogP contribution is -2.42. The van der Waals surface area contributed by atoms with Crippen molar-refractivity contribution in [2.45, 2.75) is 46.1 Å². The van der Waals surface area contributed by atoms with Crippen LogP contribution in [0.4, 0.5) is 0 Å². The van der Waals surface area contributed by atoms with Crippen LogP contribution in [-0.4, -0.2) is 50.8 Å². The summed E-state index contributed by atoms with van der Waals surface area (Å²) in [5.41, 5.74) is 1.24. The molecule has 3 aromatic heterocycles. The van der Waals surface area contributed by atoms with Gasteiger partial charge in [-0.25, -0.2) is 9.97 Å². The minimum atomic E-state index is -0.702. The van der Waals surface area contributed by atoms with E-state index in [4.69, 9.17) is 0 Å². The highest BCUT2D eigenvalue weighted by Gasteiger charge is 2.28. The molecule has 2 N–H and O–H groups in total. The third-order valence-corrected chi connectivity index (χ3v) is 7.15. The molecule has 0 bridgehead atoms. The van der Waals surface area contributed by atoms with Crippen LogP contribution in [0.3, 0.4) is 0 Å². The lowest BCUT2D eigenvalue weighted by Gasteiger charge is -2.26. The Morgan fingerprint density at radius 3 is 2.75 bits per heavy atom. The molecule has 0 radical (unpaired) electrons. The normalized spacial score (nSPS) is 15.4. The van der Waals surface area contributed by atoms with Gasteiger partial charge in [0, 0.05) is 25.3 Å². The molecule has 0 unspecified atom stereocenters. The SMILES string of the molecule is C[C@H](NC(=O)c1c[nH]c2ncc(-c3ccc(C(=O)N4CCCCC4)s3)nc12)C(C)(C)C#N. The van der Waals surface area contributed by atoms with Gasteiger partial charge >= 0.3 is 0 Å². The number of carbonyl (C=O) groups is 2. The van der Waals surface area contributed by atoms with E-state index in [1.54, 1.807) is 33.2 Å². The smallest absolute Gasteiger partial charge is 0.263 e. The van der Waals surface area contributed by atoms with Crippen molar-refractivity contribution in [1.29, 1.82) is 5.26 Å². The Kier molecular flexibility index (Phi) is 5.98. The molecule has 4 heterocycles. The molecule has 1 saturated heterocycles. The van der Waals surface area contributed by atoms with Crippen LogP contribution in [0.25, 0.3) is 21.7 Å². The van der Waals surface area contributed by atoms with Gasteiger partial charge in [0.2, 0.25) is 0 Å². The van der Waals surface area contributed by atoms with Crippen molar-refractivity contribution in [3.05, 3.63) is 35.0 Å². The molecule has 4 rings (SSSR count). The molecule has 0 aliphatic carbocycles. The Bertz CT molecular complexity index is 1200. The predicted octanol–water partition coefficient (Wildman–Crippen LogP) is 3.98. The number of nitriles is 1. The summed E-state index contributed by atoms with van der Waals surface area (Å²) in [7, 11) is 0. The first-order valence-electron chi connectivity index (χ1n) is 10.8. The van der Waals surface area contributed by atoms with Crippen molar-refractivity contribution in [3.63, 3.8) is 0 Å². The highest BCUT2D eigenvalue weighted by molar-refractivity contribution is 7.17. The fourth-order valence-corrected chi connectivity index (χ4v) is 4.51. The van der Waals surface area contributed by atoms with Gasteiger partial charge in [-0.2, -0.15) is 5.26 Å². The van der Waals surface area contributed by atoms with Crippen molar-refractivity contribution < 1.29 is 9.59 Å². The molecule has 1 atom stereocenters. The molecule has 9 heteroatoms. The Balaban J connectivity index is 1.58. The summed E-state index contributed by atoms with van der Waals surface area (Å²) in [4.78, 5) is 41.1. The van der Waals surface area contributed by atoms with E-state index in [1.165, 1.54) is 17.8 Å². The number of aromatic amines is 1. The highest BCUT2D eigenvalue weighted by atomic mass is 32.1. The van der Waals surface area contributed by atoms with E-state index < -0.39 is 5.41 Å². The molecule has 8 nitrogen and oxygen atoms in total.